The first-order valence-electron chi connectivity index (χ1n) is 41.4. The van der Waals surface area contributed by atoms with Crippen LogP contribution < -0.4 is 0 Å². The van der Waals surface area contributed by atoms with Crippen LogP contribution in [0.25, 0.3) is 0 Å². The van der Waals surface area contributed by atoms with E-state index in [4.69, 9.17) is 37.0 Å². The Kier molecular flexibility index (Phi) is 69.0. The summed E-state index contributed by atoms with van der Waals surface area (Å²) in [5.41, 5.74) is 0. The highest BCUT2D eigenvalue weighted by Gasteiger charge is 2.30. The van der Waals surface area contributed by atoms with Gasteiger partial charge in [-0.15, -0.1) is 0 Å². The molecule has 0 fully saturated rings. The molecular formula is C80H156O17P2. The second kappa shape index (κ2) is 70.4. The van der Waals surface area contributed by atoms with Crippen molar-refractivity contribution >= 4 is 39.5 Å². The SMILES string of the molecule is CCCCCCCCCCCCCCCCCCCCCCCC(=O)O[C@H](COC(=O)CCCCCCCCCCCCCCC(C)C)COP(=O)(O)OC[C@@H](O)COP(=O)(O)OC[C@@H](COC(=O)CCCCCCCCC(C)C)OC(=O)CCCCCCCCCCCCC(C)CC. The number of rotatable bonds is 78. The van der Waals surface area contributed by atoms with E-state index in [-0.39, 0.29) is 25.7 Å². The zero-order chi connectivity index (χ0) is 73.0. The molecule has 6 atom stereocenters. The fourth-order valence-electron chi connectivity index (χ4n) is 12.3. The van der Waals surface area contributed by atoms with Gasteiger partial charge in [-0.2, -0.15) is 0 Å². The van der Waals surface area contributed by atoms with Gasteiger partial charge in [0.1, 0.15) is 19.3 Å². The Morgan fingerprint density at radius 1 is 0.293 bits per heavy atom. The van der Waals surface area contributed by atoms with Gasteiger partial charge >= 0.3 is 39.5 Å². The van der Waals surface area contributed by atoms with Crippen LogP contribution in [0.3, 0.4) is 0 Å². The summed E-state index contributed by atoms with van der Waals surface area (Å²) in [5, 5.41) is 10.6. The molecular weight excluding hydrogens is 1290 g/mol. The van der Waals surface area contributed by atoms with Crippen LogP contribution in [0.1, 0.15) is 414 Å². The second-order valence-electron chi connectivity index (χ2n) is 30.0. The third kappa shape index (κ3) is 72.8. The van der Waals surface area contributed by atoms with E-state index >= 15 is 0 Å². The molecule has 588 valence electrons. The Morgan fingerprint density at radius 2 is 0.515 bits per heavy atom. The minimum absolute atomic E-state index is 0.105. The summed E-state index contributed by atoms with van der Waals surface area (Å²) < 4.78 is 68.6. The Hall–Kier alpha value is -1.94. The second-order valence-corrected chi connectivity index (χ2v) is 32.9. The number of esters is 4. The van der Waals surface area contributed by atoms with Crippen LogP contribution in [0.5, 0.6) is 0 Å². The van der Waals surface area contributed by atoms with Crippen LogP contribution in [-0.2, 0) is 65.4 Å². The zero-order valence-corrected chi connectivity index (χ0v) is 66.8. The Bertz CT molecular complexity index is 1920. The normalized spacial score (nSPS) is 14.3. The number of phosphoric acid groups is 2. The summed E-state index contributed by atoms with van der Waals surface area (Å²) in [6.07, 6.45) is 58.5. The van der Waals surface area contributed by atoms with E-state index in [1.165, 1.54) is 218 Å². The highest BCUT2D eigenvalue weighted by atomic mass is 31.2. The first-order valence-corrected chi connectivity index (χ1v) is 44.4. The van der Waals surface area contributed by atoms with Gasteiger partial charge in [0.15, 0.2) is 12.2 Å². The quantitative estimate of drug-likeness (QED) is 0.0222. The van der Waals surface area contributed by atoms with E-state index in [0.29, 0.717) is 31.6 Å². The van der Waals surface area contributed by atoms with E-state index in [1.54, 1.807) is 0 Å². The summed E-state index contributed by atoms with van der Waals surface area (Å²) in [4.78, 5) is 72.9. The van der Waals surface area contributed by atoms with E-state index in [9.17, 15) is 43.2 Å². The summed E-state index contributed by atoms with van der Waals surface area (Å²) in [5.74, 6) is 0.148. The Balaban J connectivity index is 5.21. The Labute approximate surface area is 607 Å². The summed E-state index contributed by atoms with van der Waals surface area (Å²) in [6.45, 7) is 11.9. The first-order chi connectivity index (χ1) is 47.8. The van der Waals surface area contributed by atoms with Crippen molar-refractivity contribution in [1.29, 1.82) is 0 Å². The number of carbonyl (C=O) groups is 4. The van der Waals surface area contributed by atoms with E-state index < -0.39 is 97.5 Å². The van der Waals surface area contributed by atoms with Gasteiger partial charge in [0.05, 0.1) is 26.4 Å². The fraction of sp³-hybridized carbons (Fsp3) is 0.950. The molecule has 0 bridgehead atoms. The van der Waals surface area contributed by atoms with Crippen LogP contribution in [0.4, 0.5) is 0 Å². The average Bonchev–Trinajstić information content (AvgIpc) is 1.22. The minimum Gasteiger partial charge on any atom is -0.462 e. The van der Waals surface area contributed by atoms with Crippen LogP contribution >= 0.6 is 15.6 Å². The zero-order valence-electron chi connectivity index (χ0n) is 65.0. The molecule has 0 aliphatic carbocycles. The molecule has 0 rings (SSSR count). The van der Waals surface area contributed by atoms with Crippen LogP contribution in [0.15, 0.2) is 0 Å². The molecule has 0 aliphatic rings. The van der Waals surface area contributed by atoms with Crippen molar-refractivity contribution in [1.82, 2.24) is 0 Å². The first kappa shape index (κ1) is 97.1. The third-order valence-corrected chi connectivity index (χ3v) is 20.9. The smallest absolute Gasteiger partial charge is 0.462 e. The Morgan fingerprint density at radius 3 is 0.768 bits per heavy atom. The maximum Gasteiger partial charge on any atom is 0.472 e. The number of aliphatic hydroxyl groups is 1. The number of hydrogen-bond acceptors (Lipinski definition) is 15. The number of phosphoric ester groups is 2. The lowest BCUT2D eigenvalue weighted by atomic mass is 9.99. The van der Waals surface area contributed by atoms with Crippen molar-refractivity contribution in [3.63, 3.8) is 0 Å². The van der Waals surface area contributed by atoms with E-state index in [0.717, 1.165) is 108 Å². The number of ether oxygens (including phenoxy) is 4. The molecule has 0 aromatic rings. The third-order valence-electron chi connectivity index (χ3n) is 19.0. The highest BCUT2D eigenvalue weighted by molar-refractivity contribution is 7.47. The molecule has 0 spiro atoms. The van der Waals surface area contributed by atoms with Gasteiger partial charge in [-0.25, -0.2) is 9.13 Å². The fourth-order valence-corrected chi connectivity index (χ4v) is 13.9. The van der Waals surface area contributed by atoms with E-state index in [1.807, 2.05) is 0 Å². The lowest BCUT2D eigenvalue weighted by Gasteiger charge is -2.21. The summed E-state index contributed by atoms with van der Waals surface area (Å²) >= 11 is 0. The van der Waals surface area contributed by atoms with E-state index in [2.05, 4.69) is 48.5 Å². The van der Waals surface area contributed by atoms with Gasteiger partial charge in [-0.05, 0) is 43.4 Å². The standard InChI is InChI=1S/C80H156O17P2/c1-8-10-11-12-13-14-15-16-17-18-19-20-21-22-23-24-29-35-40-49-56-63-79(84)96-75(67-90-77(82)61-54-47-39-34-28-26-25-27-32-37-44-51-58-71(3)4)69-94-98(86,87)92-65-74(81)66-93-99(88,89)95-70-76(68-91-78(83)62-55-48-43-42-45-52-59-72(5)6)97-80(85)64-57-50-41-36-31-30-33-38-46-53-60-73(7)9-2/h71-76,81H,8-70H2,1-7H3,(H,86,87)(H,88,89)/t73?,74-,75-,76-/m1/s1. The summed E-state index contributed by atoms with van der Waals surface area (Å²) in [6, 6.07) is 0. The summed E-state index contributed by atoms with van der Waals surface area (Å²) in [7, 11) is -9.92. The maximum absolute atomic E-state index is 13.1. The molecule has 0 amide bonds. The number of hydrogen-bond donors (Lipinski definition) is 3. The average molecular weight is 1450 g/mol. The van der Waals surface area contributed by atoms with Crippen LogP contribution in [-0.4, -0.2) is 96.7 Å². The number of unbranched alkanes of at least 4 members (excludes halogenated alkanes) is 45. The molecule has 0 heterocycles. The molecule has 0 saturated carbocycles. The molecule has 0 aromatic heterocycles. The van der Waals surface area contributed by atoms with Gasteiger partial charge in [-0.1, -0.05) is 363 Å². The molecule has 0 saturated heterocycles. The van der Waals surface area contributed by atoms with Gasteiger partial charge < -0.3 is 33.8 Å². The molecule has 99 heavy (non-hydrogen) atoms. The molecule has 3 unspecified atom stereocenters. The molecule has 19 heteroatoms. The topological polar surface area (TPSA) is 237 Å². The molecule has 0 radical (unpaired) electrons. The van der Waals surface area contributed by atoms with Crippen molar-refractivity contribution < 1.29 is 80.2 Å². The van der Waals surface area contributed by atoms with Gasteiger partial charge in [0.25, 0.3) is 0 Å². The molecule has 0 aromatic carbocycles. The van der Waals surface area contributed by atoms with Gasteiger partial charge in [-0.3, -0.25) is 37.3 Å². The van der Waals surface area contributed by atoms with Crippen molar-refractivity contribution in [2.75, 3.05) is 39.6 Å². The monoisotopic (exact) mass is 1450 g/mol. The molecule has 3 N–H and O–H groups in total. The van der Waals surface area contributed by atoms with Gasteiger partial charge in [0, 0.05) is 25.7 Å². The maximum atomic E-state index is 13.1. The largest absolute Gasteiger partial charge is 0.472 e. The predicted molar refractivity (Wildman–Crippen MR) is 405 cm³/mol. The molecule has 0 aliphatic heterocycles. The minimum atomic E-state index is -4.96. The lowest BCUT2D eigenvalue weighted by molar-refractivity contribution is -0.161. The van der Waals surface area contributed by atoms with Gasteiger partial charge in [0.2, 0.25) is 0 Å². The molecule has 17 nitrogen and oxygen atoms in total. The highest BCUT2D eigenvalue weighted by Crippen LogP contribution is 2.45. The van der Waals surface area contributed by atoms with Crippen molar-refractivity contribution in [2.45, 2.75) is 433 Å². The van der Waals surface area contributed by atoms with Crippen molar-refractivity contribution in [2.24, 2.45) is 17.8 Å². The predicted octanol–water partition coefficient (Wildman–Crippen LogP) is 23.7. The van der Waals surface area contributed by atoms with Crippen LogP contribution in [0, 0.1) is 17.8 Å². The van der Waals surface area contributed by atoms with Crippen molar-refractivity contribution in [3.05, 3.63) is 0 Å². The lowest BCUT2D eigenvalue weighted by Crippen LogP contribution is -2.30. The van der Waals surface area contributed by atoms with Crippen LogP contribution in [0.2, 0.25) is 0 Å². The number of carbonyl (C=O) groups excluding carboxylic acids is 4. The number of aliphatic hydroxyl groups excluding tert-OH is 1. The van der Waals surface area contributed by atoms with Crippen molar-refractivity contribution in [3.8, 4) is 0 Å².